The summed E-state index contributed by atoms with van der Waals surface area (Å²) >= 11 is 2.60. The molecule has 0 aromatic carbocycles. The molecule has 2 nitrogen and oxygen atoms in total. The Balaban J connectivity index is 1.46. The maximum atomic E-state index is 11.7. The standard InChI is InChI=1S/C26H41IO2/c1-17(28)29-21-9-12-25-16-26(25)14-13-23(4)18(10-15-27)8-11-24(23,5)20(26)7-6-19(25)22(21,2)3/h18-21H,6-16H2,1-5H3/t18?,19?,20?,21-,23+,24-,25+,26-/m0/s1. The number of carbonyl (C=O) groups excluding carboxylic acids is 1. The summed E-state index contributed by atoms with van der Waals surface area (Å²) in [4.78, 5) is 11.7. The molecule has 5 aliphatic rings. The van der Waals surface area contributed by atoms with Crippen LogP contribution in [0.5, 0.6) is 0 Å². The summed E-state index contributed by atoms with van der Waals surface area (Å²) in [5, 5.41) is 0. The van der Waals surface area contributed by atoms with Crippen LogP contribution in [0.15, 0.2) is 0 Å². The maximum absolute atomic E-state index is 11.7. The molecule has 5 aliphatic carbocycles. The predicted molar refractivity (Wildman–Crippen MR) is 126 cm³/mol. The molecule has 0 radical (unpaired) electrons. The van der Waals surface area contributed by atoms with Crippen molar-refractivity contribution >= 4 is 28.6 Å². The van der Waals surface area contributed by atoms with Crippen LogP contribution in [0.25, 0.3) is 0 Å². The molecule has 5 saturated carbocycles. The molecule has 5 rings (SSSR count). The first-order chi connectivity index (χ1) is 13.6. The molecule has 5 fully saturated rings. The van der Waals surface area contributed by atoms with E-state index in [1.54, 1.807) is 6.92 Å². The average molecular weight is 513 g/mol. The molecule has 3 unspecified atom stereocenters. The topological polar surface area (TPSA) is 26.3 Å². The summed E-state index contributed by atoms with van der Waals surface area (Å²) in [7, 11) is 0. The van der Waals surface area contributed by atoms with Crippen molar-refractivity contribution < 1.29 is 9.53 Å². The fourth-order valence-electron chi connectivity index (χ4n) is 10.5. The Labute approximate surface area is 191 Å². The van der Waals surface area contributed by atoms with Gasteiger partial charge in [-0.3, -0.25) is 4.79 Å². The normalized spacial score (nSPS) is 54.6. The zero-order valence-corrected chi connectivity index (χ0v) is 21.4. The second-order valence-electron chi connectivity index (χ2n) is 12.7. The highest BCUT2D eigenvalue weighted by Crippen LogP contribution is 2.89. The molecule has 0 aliphatic heterocycles. The summed E-state index contributed by atoms with van der Waals surface area (Å²) in [6.07, 6.45) is 14.1. The molecule has 0 bridgehead atoms. The molecular weight excluding hydrogens is 471 g/mol. The lowest BCUT2D eigenvalue weighted by atomic mass is 9.42. The zero-order valence-electron chi connectivity index (χ0n) is 19.3. The van der Waals surface area contributed by atoms with Gasteiger partial charge in [0, 0.05) is 12.3 Å². The quantitative estimate of drug-likeness (QED) is 0.227. The Morgan fingerprint density at radius 3 is 2.28 bits per heavy atom. The minimum Gasteiger partial charge on any atom is -0.462 e. The lowest BCUT2D eigenvalue weighted by Crippen LogP contribution is -2.57. The van der Waals surface area contributed by atoms with E-state index in [4.69, 9.17) is 4.74 Å². The van der Waals surface area contributed by atoms with Gasteiger partial charge in [-0.05, 0) is 108 Å². The fraction of sp³-hybridized carbons (Fsp3) is 0.962. The molecule has 3 heteroatoms. The van der Waals surface area contributed by atoms with Crippen LogP contribution >= 0.6 is 22.6 Å². The van der Waals surface area contributed by atoms with Crippen LogP contribution in [0.4, 0.5) is 0 Å². The highest BCUT2D eigenvalue weighted by atomic mass is 127. The molecule has 8 atom stereocenters. The van der Waals surface area contributed by atoms with Crippen molar-refractivity contribution in [3.05, 3.63) is 0 Å². The highest BCUT2D eigenvalue weighted by molar-refractivity contribution is 14.1. The van der Waals surface area contributed by atoms with Crippen molar-refractivity contribution in [3.63, 3.8) is 0 Å². The van der Waals surface area contributed by atoms with Crippen molar-refractivity contribution in [3.8, 4) is 0 Å². The van der Waals surface area contributed by atoms with Crippen LogP contribution in [0.1, 0.15) is 98.8 Å². The second-order valence-corrected chi connectivity index (χ2v) is 13.8. The Bertz CT molecular complexity index is 717. The molecule has 29 heavy (non-hydrogen) atoms. The molecule has 2 spiro atoms. The number of carbonyl (C=O) groups is 1. The van der Waals surface area contributed by atoms with E-state index >= 15 is 0 Å². The summed E-state index contributed by atoms with van der Waals surface area (Å²) in [6.45, 7) is 11.8. The van der Waals surface area contributed by atoms with Gasteiger partial charge in [0.1, 0.15) is 6.10 Å². The van der Waals surface area contributed by atoms with Gasteiger partial charge in [0.25, 0.3) is 0 Å². The Morgan fingerprint density at radius 1 is 0.897 bits per heavy atom. The van der Waals surface area contributed by atoms with E-state index in [0.717, 1.165) is 24.2 Å². The van der Waals surface area contributed by atoms with Crippen molar-refractivity contribution in [1.82, 2.24) is 0 Å². The van der Waals surface area contributed by atoms with Crippen LogP contribution < -0.4 is 0 Å². The number of ether oxygens (including phenoxy) is 1. The zero-order chi connectivity index (χ0) is 20.9. The largest absolute Gasteiger partial charge is 0.462 e. The summed E-state index contributed by atoms with van der Waals surface area (Å²) in [6, 6.07) is 0. The SMILES string of the molecule is CC(=O)O[C@H]1CC[C@]23C[C@]24CC[C@]2(C)C(CCI)CC[C@@]2(C)C4CCC3C1(C)C. The van der Waals surface area contributed by atoms with Gasteiger partial charge in [-0.2, -0.15) is 0 Å². The number of hydrogen-bond donors (Lipinski definition) is 0. The van der Waals surface area contributed by atoms with Crippen LogP contribution in [0.2, 0.25) is 0 Å². The first-order valence-electron chi connectivity index (χ1n) is 12.3. The maximum Gasteiger partial charge on any atom is 0.302 e. The monoisotopic (exact) mass is 512 g/mol. The van der Waals surface area contributed by atoms with Crippen molar-refractivity contribution in [2.24, 2.45) is 44.8 Å². The van der Waals surface area contributed by atoms with Crippen LogP contribution in [-0.2, 0) is 9.53 Å². The number of halogens is 1. The van der Waals surface area contributed by atoms with Gasteiger partial charge in [0.2, 0.25) is 0 Å². The van der Waals surface area contributed by atoms with E-state index in [-0.39, 0.29) is 17.5 Å². The predicted octanol–water partition coefficient (Wildman–Crippen LogP) is 7.18. The third kappa shape index (κ3) is 2.43. The second kappa shape index (κ2) is 6.38. The van der Waals surface area contributed by atoms with Crippen LogP contribution in [0.3, 0.4) is 0 Å². The fourth-order valence-corrected chi connectivity index (χ4v) is 11.2. The van der Waals surface area contributed by atoms with Crippen molar-refractivity contribution in [1.29, 1.82) is 0 Å². The molecule has 0 aromatic rings. The van der Waals surface area contributed by atoms with E-state index in [9.17, 15) is 4.79 Å². The molecule has 164 valence electrons. The molecule has 0 N–H and O–H groups in total. The van der Waals surface area contributed by atoms with E-state index in [1.165, 1.54) is 62.2 Å². The smallest absolute Gasteiger partial charge is 0.302 e. The number of hydrogen-bond acceptors (Lipinski definition) is 2. The Hall–Kier alpha value is 0.200. The van der Waals surface area contributed by atoms with Gasteiger partial charge >= 0.3 is 5.97 Å². The van der Waals surface area contributed by atoms with Crippen LogP contribution in [0, 0.1) is 44.8 Å². The van der Waals surface area contributed by atoms with Gasteiger partial charge in [-0.25, -0.2) is 0 Å². The van der Waals surface area contributed by atoms with Crippen LogP contribution in [-0.4, -0.2) is 16.5 Å². The van der Waals surface area contributed by atoms with Gasteiger partial charge in [0.15, 0.2) is 0 Å². The summed E-state index contributed by atoms with van der Waals surface area (Å²) in [5.41, 5.74) is 2.41. The number of rotatable bonds is 3. The lowest BCUT2D eigenvalue weighted by Gasteiger charge is -2.63. The molecule has 0 aromatic heterocycles. The summed E-state index contributed by atoms with van der Waals surface area (Å²) < 4.78 is 7.18. The molecule has 0 saturated heterocycles. The van der Waals surface area contributed by atoms with Crippen molar-refractivity contribution in [2.75, 3.05) is 4.43 Å². The Kier molecular flexibility index (Phi) is 4.63. The summed E-state index contributed by atoms with van der Waals surface area (Å²) in [5.74, 6) is 2.53. The van der Waals surface area contributed by atoms with Crippen molar-refractivity contribution in [2.45, 2.75) is 105 Å². The van der Waals surface area contributed by atoms with E-state index < -0.39 is 0 Å². The third-order valence-corrected chi connectivity index (χ3v) is 12.6. The molecule has 0 amide bonds. The highest BCUT2D eigenvalue weighted by Gasteiger charge is 2.82. The number of fused-ring (bicyclic) bond motifs is 2. The minimum absolute atomic E-state index is 0.0913. The first-order valence-corrected chi connectivity index (χ1v) is 13.8. The van der Waals surface area contributed by atoms with Gasteiger partial charge in [0.05, 0.1) is 0 Å². The van der Waals surface area contributed by atoms with Gasteiger partial charge < -0.3 is 4.74 Å². The number of alkyl halides is 1. The Morgan fingerprint density at radius 2 is 1.59 bits per heavy atom. The average Bonchev–Trinajstić information content (AvgIpc) is 3.24. The lowest BCUT2D eigenvalue weighted by molar-refractivity contribution is -0.180. The molecule has 0 heterocycles. The van der Waals surface area contributed by atoms with E-state index in [0.29, 0.717) is 21.7 Å². The van der Waals surface area contributed by atoms with E-state index in [2.05, 4.69) is 50.3 Å². The number of esters is 1. The minimum atomic E-state index is -0.0913. The van der Waals surface area contributed by atoms with Gasteiger partial charge in [-0.1, -0.05) is 50.3 Å². The van der Waals surface area contributed by atoms with Gasteiger partial charge in [-0.15, -0.1) is 0 Å². The molecular formula is C26H41IO2. The van der Waals surface area contributed by atoms with E-state index in [1.807, 2.05) is 0 Å². The third-order valence-electron chi connectivity index (χ3n) is 12.0. The first kappa shape index (κ1) is 21.1.